The molecule has 0 bridgehead atoms. The topological polar surface area (TPSA) is 0 Å². The van der Waals surface area contributed by atoms with E-state index >= 15 is 0 Å². The molecule has 15 aromatic rings. The van der Waals surface area contributed by atoms with Crippen molar-refractivity contribution < 1.29 is 0 Å². The van der Waals surface area contributed by atoms with Crippen LogP contribution in [0.5, 0.6) is 0 Å². The van der Waals surface area contributed by atoms with E-state index in [9.17, 15) is 0 Å². The Morgan fingerprint density at radius 1 is 0.170 bits per heavy atom. The Kier molecular flexibility index (Phi) is 12.5. The first-order valence-corrected chi connectivity index (χ1v) is 30.8. The third-order valence-corrected chi connectivity index (χ3v) is 18.8. The Balaban J connectivity index is 0.814. The molecule has 2 aliphatic carbocycles. The lowest BCUT2D eigenvalue weighted by molar-refractivity contribution is 1.31. The summed E-state index contributed by atoms with van der Waals surface area (Å²) in [5.41, 5.74) is 30.4. The zero-order valence-electron chi connectivity index (χ0n) is 48.6. The van der Waals surface area contributed by atoms with E-state index in [1.54, 1.807) is 0 Å². The SMILES string of the molecule is c1ccc(C2=C(c3ccc(-c4ccc5c(-c6ccc7ccccc7c6)c6cc(-c7ccc(C8=C(c9ccccc9)c9cc(-c%10ccccc%10)ccc9C8)cc7)ccc6c(-c6ccc7ccccc7c6)c5c4)cc3)Cc3ccc(-c4ccccc4)cc32)cc1. The van der Waals surface area contributed by atoms with Crippen molar-refractivity contribution in [2.45, 2.75) is 12.8 Å². The number of allylic oxidation sites excluding steroid dienone is 2. The van der Waals surface area contributed by atoms with Gasteiger partial charge in [-0.05, 0) is 226 Å². The smallest absolute Gasteiger partial charge is 0.000727 e. The number of hydrogen-bond donors (Lipinski definition) is 0. The monoisotopic (exact) mass is 1110 g/mol. The molecule has 0 N–H and O–H groups in total. The van der Waals surface area contributed by atoms with E-state index in [-0.39, 0.29) is 0 Å². The van der Waals surface area contributed by atoms with Crippen molar-refractivity contribution in [1.29, 1.82) is 0 Å². The molecular formula is C88H58. The molecule has 0 fully saturated rings. The van der Waals surface area contributed by atoms with Gasteiger partial charge in [0.15, 0.2) is 0 Å². The fourth-order valence-electron chi connectivity index (χ4n) is 14.4. The number of hydrogen-bond acceptors (Lipinski definition) is 0. The van der Waals surface area contributed by atoms with E-state index in [0.717, 1.165) is 12.8 Å². The Morgan fingerprint density at radius 2 is 0.466 bits per heavy atom. The lowest BCUT2D eigenvalue weighted by atomic mass is 9.83. The normalized spacial score (nSPS) is 12.8. The van der Waals surface area contributed by atoms with E-state index in [2.05, 4.69) is 328 Å². The van der Waals surface area contributed by atoms with Crippen LogP contribution in [0.1, 0.15) is 44.5 Å². The molecule has 410 valence electrons. The predicted octanol–water partition coefficient (Wildman–Crippen LogP) is 23.3. The Hall–Kier alpha value is -11.2. The molecule has 0 amide bonds. The molecular weight excluding hydrogens is 1060 g/mol. The van der Waals surface area contributed by atoms with Gasteiger partial charge in [0.2, 0.25) is 0 Å². The summed E-state index contributed by atoms with van der Waals surface area (Å²) >= 11 is 0. The van der Waals surface area contributed by atoms with E-state index < -0.39 is 0 Å². The number of rotatable bonds is 10. The molecule has 88 heavy (non-hydrogen) atoms. The van der Waals surface area contributed by atoms with Crippen LogP contribution in [-0.4, -0.2) is 0 Å². The summed E-state index contributed by atoms with van der Waals surface area (Å²) in [6, 6.07) is 122. The summed E-state index contributed by atoms with van der Waals surface area (Å²) in [6.07, 6.45) is 1.77. The molecule has 0 saturated carbocycles. The third kappa shape index (κ3) is 9.00. The van der Waals surface area contributed by atoms with Gasteiger partial charge in [-0.2, -0.15) is 0 Å². The highest BCUT2D eigenvalue weighted by Crippen LogP contribution is 2.49. The minimum atomic E-state index is 0.885. The van der Waals surface area contributed by atoms with Gasteiger partial charge in [0.25, 0.3) is 0 Å². The van der Waals surface area contributed by atoms with Crippen molar-refractivity contribution in [3.05, 3.63) is 372 Å². The van der Waals surface area contributed by atoms with Gasteiger partial charge in [-0.3, -0.25) is 0 Å². The minimum absolute atomic E-state index is 0.885. The maximum absolute atomic E-state index is 2.47. The van der Waals surface area contributed by atoms with Crippen LogP contribution >= 0.6 is 0 Å². The number of fused-ring (bicyclic) bond motifs is 6. The molecule has 0 aliphatic heterocycles. The summed E-state index contributed by atoms with van der Waals surface area (Å²) in [5.74, 6) is 0. The molecule has 0 radical (unpaired) electrons. The van der Waals surface area contributed by atoms with Crippen LogP contribution < -0.4 is 0 Å². The van der Waals surface area contributed by atoms with Crippen molar-refractivity contribution in [2.24, 2.45) is 0 Å². The Bertz CT molecular complexity index is 4960. The van der Waals surface area contributed by atoms with Crippen LogP contribution in [0.25, 0.3) is 132 Å². The first-order valence-electron chi connectivity index (χ1n) is 30.8. The molecule has 15 aromatic carbocycles. The fraction of sp³-hybridized carbons (Fsp3) is 0.0227. The van der Waals surface area contributed by atoms with Gasteiger partial charge in [0.1, 0.15) is 0 Å². The molecule has 0 saturated heterocycles. The predicted molar refractivity (Wildman–Crippen MR) is 374 cm³/mol. The number of benzene rings is 15. The van der Waals surface area contributed by atoms with Crippen molar-refractivity contribution in [3.8, 4) is 66.8 Å². The second-order valence-electron chi connectivity index (χ2n) is 23.8. The molecule has 0 atom stereocenters. The Labute approximate surface area is 514 Å². The van der Waals surface area contributed by atoms with E-state index in [4.69, 9.17) is 0 Å². The first-order chi connectivity index (χ1) is 43.6. The zero-order chi connectivity index (χ0) is 58.1. The van der Waals surface area contributed by atoms with Crippen LogP contribution in [0.2, 0.25) is 0 Å². The second kappa shape index (κ2) is 21.4. The van der Waals surface area contributed by atoms with Gasteiger partial charge in [-0.25, -0.2) is 0 Å². The van der Waals surface area contributed by atoms with Crippen LogP contribution in [0, 0.1) is 0 Å². The average Bonchev–Trinajstić information content (AvgIpc) is 0.929. The summed E-state index contributed by atoms with van der Waals surface area (Å²) in [7, 11) is 0. The summed E-state index contributed by atoms with van der Waals surface area (Å²) in [5, 5.41) is 9.84. The van der Waals surface area contributed by atoms with Crippen LogP contribution in [0.4, 0.5) is 0 Å². The van der Waals surface area contributed by atoms with Crippen LogP contribution in [-0.2, 0) is 12.8 Å². The van der Waals surface area contributed by atoms with Gasteiger partial charge in [-0.1, -0.05) is 291 Å². The minimum Gasteiger partial charge on any atom is -0.0622 e. The first kappa shape index (κ1) is 51.3. The van der Waals surface area contributed by atoms with Crippen molar-refractivity contribution in [1.82, 2.24) is 0 Å². The highest BCUT2D eigenvalue weighted by atomic mass is 14.3. The van der Waals surface area contributed by atoms with Gasteiger partial charge in [0, 0.05) is 0 Å². The van der Waals surface area contributed by atoms with Gasteiger partial charge in [-0.15, -0.1) is 0 Å². The van der Waals surface area contributed by atoms with Gasteiger partial charge < -0.3 is 0 Å². The van der Waals surface area contributed by atoms with Crippen LogP contribution in [0.3, 0.4) is 0 Å². The molecule has 0 spiro atoms. The maximum atomic E-state index is 2.47. The van der Waals surface area contributed by atoms with Crippen LogP contribution in [0.15, 0.2) is 328 Å². The molecule has 0 unspecified atom stereocenters. The summed E-state index contributed by atoms with van der Waals surface area (Å²) < 4.78 is 0. The fourth-order valence-corrected chi connectivity index (χ4v) is 14.4. The second-order valence-corrected chi connectivity index (χ2v) is 23.8. The van der Waals surface area contributed by atoms with Gasteiger partial charge >= 0.3 is 0 Å². The maximum Gasteiger partial charge on any atom is -0.000727 e. The zero-order valence-corrected chi connectivity index (χ0v) is 48.6. The van der Waals surface area contributed by atoms with E-state index in [1.807, 2.05) is 0 Å². The van der Waals surface area contributed by atoms with Gasteiger partial charge in [0.05, 0.1) is 0 Å². The van der Waals surface area contributed by atoms with Crippen molar-refractivity contribution in [2.75, 3.05) is 0 Å². The van der Waals surface area contributed by atoms with E-state index in [0.29, 0.717) is 0 Å². The lowest BCUT2D eigenvalue weighted by Crippen LogP contribution is -1.93. The molecule has 0 heteroatoms. The molecule has 0 heterocycles. The molecule has 0 nitrogen and oxygen atoms in total. The quantitative estimate of drug-likeness (QED) is 0.120. The highest BCUT2D eigenvalue weighted by Gasteiger charge is 2.27. The van der Waals surface area contributed by atoms with Crippen molar-refractivity contribution >= 4 is 65.4 Å². The summed E-state index contributed by atoms with van der Waals surface area (Å²) in [4.78, 5) is 0. The lowest BCUT2D eigenvalue weighted by Gasteiger charge is -2.20. The summed E-state index contributed by atoms with van der Waals surface area (Å²) in [6.45, 7) is 0. The van der Waals surface area contributed by atoms with Crippen molar-refractivity contribution in [3.63, 3.8) is 0 Å². The van der Waals surface area contributed by atoms with E-state index in [1.165, 1.54) is 177 Å². The third-order valence-electron chi connectivity index (χ3n) is 18.8. The molecule has 17 rings (SSSR count). The Morgan fingerprint density at radius 3 is 0.864 bits per heavy atom. The largest absolute Gasteiger partial charge is 0.0622 e. The average molecular weight is 1120 g/mol. The highest BCUT2D eigenvalue weighted by molar-refractivity contribution is 6.23. The molecule has 0 aromatic heterocycles. The standard InChI is InChI=1S/C88H58/c1-5-17-57(18-6-1)69-39-41-73-55-79(85(81(73)51-69)65-23-9-3-10-24-65)63-35-29-61(30-36-63)71-45-47-77-83(53-71)87(75-43-33-59-21-13-15-27-67(59)49-75)78-48-46-72(54-84(78)88(77)76-44-34-60-22-14-16-28-68(60)50-76)62-31-37-64(38-32-62)80-56-74-42-40-70(58-19-7-2-8-20-58)52-82(74)86(80)66-25-11-4-12-26-66/h1-54H,55-56H2. The molecule has 2 aliphatic rings.